The summed E-state index contributed by atoms with van der Waals surface area (Å²) in [5, 5.41) is 0. The second kappa shape index (κ2) is 2.37. The smallest absolute Gasteiger partial charge is 0.0258 e. The third-order valence-electron chi connectivity index (χ3n) is 8.50. The maximum atomic E-state index is 2.69. The molecular weight excluding hydrogens is 204 g/mol. The van der Waals surface area contributed by atoms with Gasteiger partial charge in [-0.3, -0.25) is 0 Å². The highest BCUT2D eigenvalue weighted by atomic mass is 14.8. The first-order valence-corrected chi connectivity index (χ1v) is 7.95. The van der Waals surface area contributed by atoms with Gasteiger partial charge < -0.3 is 0 Å². The van der Waals surface area contributed by atoms with Crippen molar-refractivity contribution in [3.63, 3.8) is 0 Å². The van der Waals surface area contributed by atoms with Crippen molar-refractivity contribution in [2.45, 2.75) is 59.3 Å². The fourth-order valence-electron chi connectivity index (χ4n) is 8.38. The summed E-state index contributed by atoms with van der Waals surface area (Å²) in [5.74, 6) is 5.58. The maximum absolute atomic E-state index is 2.69. The van der Waals surface area contributed by atoms with E-state index in [4.69, 9.17) is 0 Å². The van der Waals surface area contributed by atoms with Crippen molar-refractivity contribution >= 4 is 0 Å². The van der Waals surface area contributed by atoms with Crippen molar-refractivity contribution in [2.75, 3.05) is 0 Å². The van der Waals surface area contributed by atoms with Gasteiger partial charge in [0, 0.05) is 0 Å². The highest BCUT2D eigenvalue weighted by Gasteiger charge is 2.74. The molecule has 94 valence electrons. The Bertz CT molecular complexity index is 382. The average Bonchev–Trinajstić information content (AvgIpc) is 2.24. The molecule has 0 aromatic rings. The van der Waals surface area contributed by atoms with Crippen LogP contribution in [0.4, 0.5) is 0 Å². The van der Waals surface area contributed by atoms with Gasteiger partial charge in [0.15, 0.2) is 0 Å². The van der Waals surface area contributed by atoms with Crippen LogP contribution in [-0.4, -0.2) is 0 Å². The van der Waals surface area contributed by atoms with E-state index in [2.05, 4.69) is 20.8 Å². The van der Waals surface area contributed by atoms with Gasteiger partial charge >= 0.3 is 0 Å². The van der Waals surface area contributed by atoms with E-state index in [0.29, 0.717) is 0 Å². The standard InChI is InChI=1S/C17H26/c1-15-7-13-11-4-10-5-12(17(11,3)9-15)14(8-15)16(13,2)6-10/h10-14H,4-9H2,1-3H3. The van der Waals surface area contributed by atoms with E-state index in [1.54, 1.807) is 38.5 Å². The SMILES string of the molecule is CC12CC3C4CC5CC(C(C1)C3(C)C5)C4(C)C2. The molecule has 0 amide bonds. The molecule has 4 unspecified atom stereocenters. The van der Waals surface area contributed by atoms with E-state index >= 15 is 0 Å². The van der Waals surface area contributed by atoms with Crippen molar-refractivity contribution in [1.29, 1.82) is 0 Å². The molecule has 4 atom stereocenters. The zero-order chi connectivity index (χ0) is 11.6. The van der Waals surface area contributed by atoms with Crippen LogP contribution < -0.4 is 0 Å². The first-order valence-electron chi connectivity index (χ1n) is 7.95. The molecule has 7 rings (SSSR count). The van der Waals surface area contributed by atoms with Crippen LogP contribution in [0, 0.1) is 45.8 Å². The molecule has 0 aromatic heterocycles. The largest absolute Gasteiger partial charge is 0.0596 e. The Morgan fingerprint density at radius 3 is 1.88 bits per heavy atom. The summed E-state index contributed by atoms with van der Waals surface area (Å²) < 4.78 is 0. The Hall–Kier alpha value is 0. The minimum absolute atomic E-state index is 0.737. The monoisotopic (exact) mass is 230 g/mol. The average molecular weight is 230 g/mol. The zero-order valence-corrected chi connectivity index (χ0v) is 11.6. The van der Waals surface area contributed by atoms with E-state index in [1.807, 2.05) is 0 Å². The van der Waals surface area contributed by atoms with Gasteiger partial charge in [-0.25, -0.2) is 0 Å². The topological polar surface area (TPSA) is 0 Å². The molecule has 0 radical (unpaired) electrons. The highest BCUT2D eigenvalue weighted by Crippen LogP contribution is 2.81. The fourth-order valence-corrected chi connectivity index (χ4v) is 8.38. The fraction of sp³-hybridized carbons (Fsp3) is 1.00. The van der Waals surface area contributed by atoms with E-state index in [0.717, 1.165) is 45.8 Å². The summed E-state index contributed by atoms with van der Waals surface area (Å²) in [6, 6.07) is 0. The van der Waals surface area contributed by atoms with Crippen LogP contribution in [-0.2, 0) is 0 Å². The number of hydrogen-bond acceptors (Lipinski definition) is 0. The Kier molecular flexibility index (Phi) is 1.37. The molecule has 7 aliphatic carbocycles. The third-order valence-corrected chi connectivity index (χ3v) is 8.50. The Morgan fingerprint density at radius 1 is 0.706 bits per heavy atom. The van der Waals surface area contributed by atoms with Crippen molar-refractivity contribution in [1.82, 2.24) is 0 Å². The van der Waals surface area contributed by atoms with Crippen molar-refractivity contribution in [3.8, 4) is 0 Å². The van der Waals surface area contributed by atoms with Crippen LogP contribution in [0.25, 0.3) is 0 Å². The summed E-state index contributed by atoms with van der Waals surface area (Å²) in [6.45, 7) is 8.01. The first kappa shape index (κ1) is 9.87. The second-order valence-corrected chi connectivity index (χ2v) is 9.37. The Balaban J connectivity index is 1.76. The molecule has 0 heteroatoms. The second-order valence-electron chi connectivity index (χ2n) is 9.37. The highest BCUT2D eigenvalue weighted by molar-refractivity contribution is 5.23. The van der Waals surface area contributed by atoms with Crippen LogP contribution in [0.15, 0.2) is 0 Å². The van der Waals surface area contributed by atoms with Crippen LogP contribution >= 0.6 is 0 Å². The molecule has 0 saturated heterocycles. The van der Waals surface area contributed by atoms with Crippen molar-refractivity contribution in [2.24, 2.45) is 45.8 Å². The first-order chi connectivity index (χ1) is 7.95. The third kappa shape index (κ3) is 0.843. The number of hydrogen-bond donors (Lipinski definition) is 0. The van der Waals surface area contributed by atoms with Gasteiger partial charge in [-0.2, -0.15) is 0 Å². The van der Waals surface area contributed by atoms with Crippen LogP contribution in [0.5, 0.6) is 0 Å². The Morgan fingerprint density at radius 2 is 1.29 bits per heavy atom. The van der Waals surface area contributed by atoms with E-state index in [1.165, 1.54) is 0 Å². The van der Waals surface area contributed by atoms with Crippen LogP contribution in [0.2, 0.25) is 0 Å². The molecule has 0 spiro atoms. The van der Waals surface area contributed by atoms with E-state index < -0.39 is 0 Å². The van der Waals surface area contributed by atoms with Gasteiger partial charge in [-0.05, 0) is 84.4 Å². The van der Waals surface area contributed by atoms with Gasteiger partial charge in [0.1, 0.15) is 0 Å². The molecule has 7 saturated carbocycles. The molecule has 0 nitrogen and oxygen atoms in total. The van der Waals surface area contributed by atoms with E-state index in [-0.39, 0.29) is 0 Å². The molecule has 0 aliphatic heterocycles. The molecule has 0 aromatic carbocycles. The van der Waals surface area contributed by atoms with E-state index in [9.17, 15) is 0 Å². The summed E-state index contributed by atoms with van der Waals surface area (Å²) in [4.78, 5) is 0. The van der Waals surface area contributed by atoms with Gasteiger partial charge in [0.25, 0.3) is 0 Å². The summed E-state index contributed by atoms with van der Waals surface area (Å²) in [5.41, 5.74) is 2.27. The predicted octanol–water partition coefficient (Wildman–Crippen LogP) is 4.49. The lowest BCUT2D eigenvalue weighted by Crippen LogP contribution is -2.72. The number of rotatable bonds is 0. The molecule has 0 heterocycles. The molecule has 0 N–H and O–H groups in total. The van der Waals surface area contributed by atoms with Crippen LogP contribution in [0.3, 0.4) is 0 Å². The lowest BCUT2D eigenvalue weighted by atomic mass is 9.25. The summed E-state index contributed by atoms with van der Waals surface area (Å²) in [7, 11) is 0. The molecule has 8 bridgehead atoms. The quantitative estimate of drug-likeness (QED) is 0.575. The summed E-state index contributed by atoms with van der Waals surface area (Å²) in [6.07, 6.45) is 9.55. The molecular formula is C17H26. The lowest BCUT2D eigenvalue weighted by molar-refractivity contribution is -0.306. The van der Waals surface area contributed by atoms with Gasteiger partial charge in [0.2, 0.25) is 0 Å². The van der Waals surface area contributed by atoms with Crippen molar-refractivity contribution < 1.29 is 0 Å². The van der Waals surface area contributed by atoms with Gasteiger partial charge in [-0.15, -0.1) is 0 Å². The normalized spacial score (nSPS) is 74.6. The molecule has 17 heavy (non-hydrogen) atoms. The van der Waals surface area contributed by atoms with Gasteiger partial charge in [-0.1, -0.05) is 20.8 Å². The molecule has 7 aliphatic rings. The predicted molar refractivity (Wildman–Crippen MR) is 69.5 cm³/mol. The van der Waals surface area contributed by atoms with Crippen molar-refractivity contribution in [3.05, 3.63) is 0 Å². The minimum atomic E-state index is 0.737. The van der Waals surface area contributed by atoms with Crippen LogP contribution in [0.1, 0.15) is 59.3 Å². The lowest BCUT2D eigenvalue weighted by Gasteiger charge is -2.79. The minimum Gasteiger partial charge on any atom is -0.0596 e. The van der Waals surface area contributed by atoms with Gasteiger partial charge in [0.05, 0.1) is 0 Å². The maximum Gasteiger partial charge on any atom is -0.0258 e. The summed E-state index contributed by atoms with van der Waals surface area (Å²) >= 11 is 0. The Labute approximate surface area is 106 Å². The molecule has 7 fully saturated rings. The zero-order valence-electron chi connectivity index (χ0n) is 11.6.